The second-order valence-corrected chi connectivity index (χ2v) is 9.78. The van der Waals surface area contributed by atoms with Gasteiger partial charge in [-0.2, -0.15) is 4.98 Å². The van der Waals surface area contributed by atoms with E-state index in [1.165, 1.54) is 6.07 Å². The third kappa shape index (κ3) is 4.76. The predicted octanol–water partition coefficient (Wildman–Crippen LogP) is 3.97. The minimum atomic E-state index is -3.40. The number of hydrogen-bond donors (Lipinski definition) is 0. The average Bonchev–Trinajstić information content (AvgIpc) is 3.16. The fourth-order valence-corrected chi connectivity index (χ4v) is 5.52. The number of piperidine rings is 1. The fourth-order valence-electron chi connectivity index (χ4n) is 3.89. The number of benzene rings is 2. The van der Waals surface area contributed by atoms with E-state index in [1.807, 2.05) is 31.2 Å². The molecule has 2 heterocycles. The molecule has 158 valence electrons. The molecule has 4 rings (SSSR count). The minimum absolute atomic E-state index is 0.000605. The van der Waals surface area contributed by atoms with Crippen molar-refractivity contribution in [2.75, 3.05) is 13.1 Å². The van der Waals surface area contributed by atoms with E-state index in [0.717, 1.165) is 24.0 Å². The first-order chi connectivity index (χ1) is 14.4. The molecule has 0 aliphatic carbocycles. The lowest BCUT2D eigenvalue weighted by molar-refractivity contribution is 0.247. The number of aryl methyl sites for hydroxylation is 1. The topological polar surface area (TPSA) is 76.3 Å². The van der Waals surface area contributed by atoms with Crippen LogP contribution in [0.25, 0.3) is 11.4 Å². The zero-order valence-electron chi connectivity index (χ0n) is 16.8. The zero-order chi connectivity index (χ0) is 21.1. The van der Waals surface area contributed by atoms with Gasteiger partial charge in [0.1, 0.15) is 5.82 Å². The number of nitrogens with zero attached hydrogens (tertiary/aromatic N) is 3. The molecule has 8 heteroatoms. The Hall–Kier alpha value is -2.58. The van der Waals surface area contributed by atoms with Gasteiger partial charge in [-0.3, -0.25) is 0 Å². The van der Waals surface area contributed by atoms with E-state index in [-0.39, 0.29) is 17.5 Å². The second kappa shape index (κ2) is 8.65. The molecule has 1 saturated heterocycles. The quantitative estimate of drug-likeness (QED) is 0.593. The molecule has 1 atom stereocenters. The summed E-state index contributed by atoms with van der Waals surface area (Å²) in [4.78, 5) is 4.31. The lowest BCUT2D eigenvalue weighted by Gasteiger charge is -2.31. The van der Waals surface area contributed by atoms with E-state index in [0.29, 0.717) is 31.0 Å². The highest BCUT2D eigenvalue weighted by molar-refractivity contribution is 7.88. The van der Waals surface area contributed by atoms with Crippen LogP contribution in [0.5, 0.6) is 0 Å². The molecule has 1 unspecified atom stereocenters. The van der Waals surface area contributed by atoms with Gasteiger partial charge in [0, 0.05) is 19.5 Å². The van der Waals surface area contributed by atoms with Crippen LogP contribution >= 0.6 is 0 Å². The van der Waals surface area contributed by atoms with Crippen molar-refractivity contribution in [2.45, 2.75) is 31.9 Å². The second-order valence-electron chi connectivity index (χ2n) is 7.81. The van der Waals surface area contributed by atoms with Crippen molar-refractivity contribution in [1.29, 1.82) is 0 Å². The van der Waals surface area contributed by atoms with E-state index in [9.17, 15) is 12.8 Å². The van der Waals surface area contributed by atoms with Gasteiger partial charge in [-0.05, 0) is 43.4 Å². The monoisotopic (exact) mass is 429 g/mol. The largest absolute Gasteiger partial charge is 0.339 e. The summed E-state index contributed by atoms with van der Waals surface area (Å²) in [5.41, 5.74) is 2.13. The number of hydrogen-bond acceptors (Lipinski definition) is 5. The molecule has 0 N–H and O–H groups in total. The minimum Gasteiger partial charge on any atom is -0.339 e. The first-order valence-electron chi connectivity index (χ1n) is 10.0. The molecule has 2 aromatic carbocycles. The van der Waals surface area contributed by atoms with Gasteiger partial charge in [0.05, 0.1) is 11.3 Å². The Kier molecular flexibility index (Phi) is 5.97. The van der Waals surface area contributed by atoms with Gasteiger partial charge < -0.3 is 4.52 Å². The maximum atomic E-state index is 13.9. The van der Waals surface area contributed by atoms with Crippen LogP contribution in [-0.4, -0.2) is 36.0 Å². The molecule has 0 saturated carbocycles. The van der Waals surface area contributed by atoms with Gasteiger partial charge >= 0.3 is 0 Å². The van der Waals surface area contributed by atoms with Gasteiger partial charge in [-0.15, -0.1) is 0 Å². The van der Waals surface area contributed by atoms with Crippen LogP contribution in [-0.2, 0) is 22.2 Å². The van der Waals surface area contributed by atoms with Crippen LogP contribution in [0, 0.1) is 18.7 Å². The van der Waals surface area contributed by atoms with E-state index in [1.54, 1.807) is 22.5 Å². The van der Waals surface area contributed by atoms with Crippen LogP contribution in [0.15, 0.2) is 53.1 Å². The normalized spacial score (nSPS) is 17.9. The highest BCUT2D eigenvalue weighted by Crippen LogP contribution is 2.25. The Bertz CT molecular complexity index is 1130. The van der Waals surface area contributed by atoms with Crippen molar-refractivity contribution in [1.82, 2.24) is 14.4 Å². The smallest absolute Gasteiger partial charge is 0.227 e. The molecule has 30 heavy (non-hydrogen) atoms. The summed E-state index contributed by atoms with van der Waals surface area (Å²) in [6.07, 6.45) is 2.14. The maximum Gasteiger partial charge on any atom is 0.227 e. The van der Waals surface area contributed by atoms with Gasteiger partial charge in [0.2, 0.25) is 21.7 Å². The van der Waals surface area contributed by atoms with Crippen molar-refractivity contribution in [2.24, 2.45) is 5.92 Å². The molecule has 1 aromatic heterocycles. The Morgan fingerprint density at radius 1 is 1.20 bits per heavy atom. The Balaban J connectivity index is 1.42. The Labute approximate surface area is 175 Å². The summed E-state index contributed by atoms with van der Waals surface area (Å²) in [6.45, 7) is 2.90. The van der Waals surface area contributed by atoms with Crippen molar-refractivity contribution in [3.05, 3.63) is 71.4 Å². The molecule has 1 aliphatic heterocycles. The van der Waals surface area contributed by atoms with E-state index in [2.05, 4.69) is 10.1 Å². The van der Waals surface area contributed by atoms with Crippen LogP contribution in [0.2, 0.25) is 0 Å². The van der Waals surface area contributed by atoms with E-state index >= 15 is 0 Å². The molecule has 1 fully saturated rings. The summed E-state index contributed by atoms with van der Waals surface area (Å²) in [6, 6.07) is 13.8. The van der Waals surface area contributed by atoms with Crippen LogP contribution < -0.4 is 0 Å². The van der Waals surface area contributed by atoms with Gasteiger partial charge in [-0.1, -0.05) is 47.1 Å². The molecule has 0 bridgehead atoms. The lowest BCUT2D eigenvalue weighted by Crippen LogP contribution is -2.41. The molecule has 0 spiro atoms. The highest BCUT2D eigenvalue weighted by Gasteiger charge is 2.30. The predicted molar refractivity (Wildman–Crippen MR) is 111 cm³/mol. The summed E-state index contributed by atoms with van der Waals surface area (Å²) in [7, 11) is -3.40. The molecule has 3 aromatic rings. The van der Waals surface area contributed by atoms with Crippen molar-refractivity contribution >= 4 is 10.0 Å². The van der Waals surface area contributed by atoms with Gasteiger partial charge in [0.25, 0.3) is 0 Å². The van der Waals surface area contributed by atoms with Crippen LogP contribution in [0.1, 0.15) is 29.9 Å². The molecule has 0 radical (unpaired) electrons. The summed E-state index contributed by atoms with van der Waals surface area (Å²) < 4.78 is 46.7. The summed E-state index contributed by atoms with van der Waals surface area (Å²) in [5, 5.41) is 3.89. The third-order valence-electron chi connectivity index (χ3n) is 5.35. The number of sulfonamides is 1. The highest BCUT2D eigenvalue weighted by atomic mass is 32.2. The number of aromatic nitrogens is 2. The first kappa shape index (κ1) is 20.7. The SMILES string of the molecule is Cc1cccc(CS(=O)(=O)N2CCCC(Cc3nc(-c4ccccc4F)no3)C2)c1. The van der Waals surface area contributed by atoms with Gasteiger partial charge in [0.15, 0.2) is 0 Å². The maximum absolute atomic E-state index is 13.9. The number of rotatable bonds is 6. The molecule has 6 nitrogen and oxygen atoms in total. The molecular formula is C22H24FN3O3S. The van der Waals surface area contributed by atoms with Crippen LogP contribution in [0.4, 0.5) is 4.39 Å². The Morgan fingerprint density at radius 3 is 2.83 bits per heavy atom. The first-order valence-corrected chi connectivity index (χ1v) is 11.6. The van der Waals surface area contributed by atoms with Gasteiger partial charge in [-0.25, -0.2) is 17.1 Å². The standard InChI is InChI=1S/C22H24FN3O3S/c1-16-6-4-7-18(12-16)15-30(27,28)26-11-5-8-17(14-26)13-21-24-22(25-29-21)19-9-2-3-10-20(19)23/h2-4,6-7,9-10,12,17H,5,8,11,13-15H2,1H3. The molecular weight excluding hydrogens is 405 g/mol. The Morgan fingerprint density at radius 2 is 2.03 bits per heavy atom. The average molecular weight is 430 g/mol. The van der Waals surface area contributed by atoms with Crippen LogP contribution in [0.3, 0.4) is 0 Å². The van der Waals surface area contributed by atoms with E-state index in [4.69, 9.17) is 4.52 Å². The van der Waals surface area contributed by atoms with Crippen molar-refractivity contribution in [3.63, 3.8) is 0 Å². The molecule has 0 amide bonds. The van der Waals surface area contributed by atoms with Crippen molar-refractivity contribution < 1.29 is 17.3 Å². The lowest BCUT2D eigenvalue weighted by atomic mass is 9.96. The molecule has 1 aliphatic rings. The van der Waals surface area contributed by atoms with Crippen molar-refractivity contribution in [3.8, 4) is 11.4 Å². The summed E-state index contributed by atoms with van der Waals surface area (Å²) in [5.74, 6) is 0.286. The third-order valence-corrected chi connectivity index (χ3v) is 7.17. The van der Waals surface area contributed by atoms with E-state index < -0.39 is 15.8 Å². The summed E-state index contributed by atoms with van der Waals surface area (Å²) >= 11 is 0. The number of halogens is 1. The zero-order valence-corrected chi connectivity index (χ0v) is 17.6. The fraction of sp³-hybridized carbons (Fsp3) is 0.364.